The van der Waals surface area contributed by atoms with Crippen molar-refractivity contribution in [2.24, 2.45) is 0 Å². The largest absolute Gasteiger partial charge is 0.266 e. The van der Waals surface area contributed by atoms with Gasteiger partial charge in [0, 0.05) is 0 Å². The van der Waals surface area contributed by atoms with Crippen LogP contribution in [0.3, 0.4) is 0 Å². The van der Waals surface area contributed by atoms with Crippen molar-refractivity contribution >= 4 is 15.7 Å². The molecule has 0 atom stereocenters. The van der Waals surface area contributed by atoms with Gasteiger partial charge in [-0.1, -0.05) is 18.2 Å². The van der Waals surface area contributed by atoms with E-state index in [1.807, 2.05) is 12.1 Å². The topological polar surface area (TPSA) is 85.0 Å². The minimum Gasteiger partial charge on any atom is -0.266 e. The van der Waals surface area contributed by atoms with Gasteiger partial charge in [0.25, 0.3) is 0 Å². The van der Waals surface area contributed by atoms with Gasteiger partial charge in [-0.25, -0.2) is 8.42 Å². The van der Waals surface area contributed by atoms with Crippen LogP contribution in [-0.4, -0.2) is 14.7 Å². The number of hydrogen-bond donors (Lipinski definition) is 0. The molecule has 0 bridgehead atoms. The summed E-state index contributed by atoms with van der Waals surface area (Å²) in [6.45, 7) is 0.138. The molecule has 2 aromatic carbocycles. The summed E-state index contributed by atoms with van der Waals surface area (Å²) in [5, 5.41) is 17.7. The van der Waals surface area contributed by atoms with Crippen LogP contribution < -0.4 is 4.31 Å². The lowest BCUT2D eigenvalue weighted by Gasteiger charge is -2.22. The van der Waals surface area contributed by atoms with Crippen molar-refractivity contribution in [1.82, 2.24) is 0 Å². The van der Waals surface area contributed by atoms with E-state index in [4.69, 9.17) is 10.5 Å². The first-order chi connectivity index (χ1) is 10.4. The van der Waals surface area contributed by atoms with Crippen molar-refractivity contribution < 1.29 is 8.42 Å². The number of nitrogens with zero attached hydrogens (tertiary/aromatic N) is 3. The molecule has 0 heterocycles. The van der Waals surface area contributed by atoms with Crippen LogP contribution in [0, 0.1) is 22.7 Å². The Morgan fingerprint density at radius 3 is 2.18 bits per heavy atom. The Balaban J connectivity index is 2.39. The van der Waals surface area contributed by atoms with E-state index in [-0.39, 0.29) is 6.54 Å². The summed E-state index contributed by atoms with van der Waals surface area (Å²) in [6, 6.07) is 17.2. The van der Waals surface area contributed by atoms with Crippen LogP contribution in [0.4, 0.5) is 5.69 Å². The molecule has 0 saturated carbocycles. The second-order valence-corrected chi connectivity index (χ2v) is 6.65. The Morgan fingerprint density at radius 2 is 1.64 bits per heavy atom. The smallest absolute Gasteiger partial charge is 0.232 e. The van der Waals surface area contributed by atoms with Gasteiger partial charge in [0.2, 0.25) is 10.0 Å². The van der Waals surface area contributed by atoms with Crippen LogP contribution in [-0.2, 0) is 16.6 Å². The first-order valence-electron chi connectivity index (χ1n) is 6.41. The minimum atomic E-state index is -3.50. The molecule has 5 nitrogen and oxygen atoms in total. The number of benzene rings is 2. The highest BCUT2D eigenvalue weighted by molar-refractivity contribution is 7.92. The maximum atomic E-state index is 12.0. The summed E-state index contributed by atoms with van der Waals surface area (Å²) in [7, 11) is -3.50. The van der Waals surface area contributed by atoms with Gasteiger partial charge in [-0.05, 0) is 35.9 Å². The molecule has 6 heteroatoms. The Hall–Kier alpha value is -2.83. The maximum absolute atomic E-state index is 12.0. The van der Waals surface area contributed by atoms with E-state index in [9.17, 15) is 8.42 Å². The molecule has 2 aromatic rings. The molecule has 0 amide bonds. The van der Waals surface area contributed by atoms with E-state index in [0.717, 1.165) is 11.8 Å². The zero-order valence-corrected chi connectivity index (χ0v) is 12.7. The molecule has 22 heavy (non-hydrogen) atoms. The van der Waals surface area contributed by atoms with E-state index in [0.29, 0.717) is 16.8 Å². The van der Waals surface area contributed by atoms with E-state index >= 15 is 0 Å². The number of rotatable bonds is 4. The van der Waals surface area contributed by atoms with E-state index in [1.54, 1.807) is 42.5 Å². The first-order valence-corrected chi connectivity index (χ1v) is 8.26. The summed E-state index contributed by atoms with van der Waals surface area (Å²) in [6.07, 6.45) is 1.12. The summed E-state index contributed by atoms with van der Waals surface area (Å²) < 4.78 is 25.3. The first kappa shape index (κ1) is 15.6. The van der Waals surface area contributed by atoms with Gasteiger partial charge >= 0.3 is 0 Å². The van der Waals surface area contributed by atoms with Crippen molar-refractivity contribution in [1.29, 1.82) is 10.5 Å². The SMILES string of the molecule is CS(=O)(=O)N(Cc1ccc(C#N)cc1)c1cccc(C#N)c1. The lowest BCUT2D eigenvalue weighted by atomic mass is 10.1. The third-order valence-corrected chi connectivity index (χ3v) is 4.21. The van der Waals surface area contributed by atoms with Gasteiger partial charge in [-0.2, -0.15) is 10.5 Å². The second kappa shape index (κ2) is 6.30. The zero-order valence-electron chi connectivity index (χ0n) is 11.9. The predicted molar refractivity (Wildman–Crippen MR) is 83.3 cm³/mol. The monoisotopic (exact) mass is 311 g/mol. The molecule has 0 aromatic heterocycles. The highest BCUT2D eigenvalue weighted by Crippen LogP contribution is 2.21. The Morgan fingerprint density at radius 1 is 1.00 bits per heavy atom. The number of nitriles is 2. The summed E-state index contributed by atoms with van der Waals surface area (Å²) in [4.78, 5) is 0. The van der Waals surface area contributed by atoms with Crippen LogP contribution >= 0.6 is 0 Å². The van der Waals surface area contributed by atoms with Gasteiger partial charge in [0.05, 0.1) is 41.8 Å². The van der Waals surface area contributed by atoms with Gasteiger partial charge in [-0.3, -0.25) is 4.31 Å². The van der Waals surface area contributed by atoms with Crippen LogP contribution in [0.25, 0.3) is 0 Å². The molecule has 0 fully saturated rings. The van der Waals surface area contributed by atoms with E-state index in [2.05, 4.69) is 0 Å². The molecule has 110 valence electrons. The molecule has 0 radical (unpaired) electrons. The molecular formula is C16H13N3O2S. The highest BCUT2D eigenvalue weighted by atomic mass is 32.2. The van der Waals surface area contributed by atoms with Crippen molar-refractivity contribution in [3.63, 3.8) is 0 Å². The predicted octanol–water partition coefficient (Wildman–Crippen LogP) is 2.40. The molecular weight excluding hydrogens is 298 g/mol. The van der Waals surface area contributed by atoms with E-state index in [1.165, 1.54) is 10.4 Å². The number of hydrogen-bond acceptors (Lipinski definition) is 4. The molecule has 0 saturated heterocycles. The minimum absolute atomic E-state index is 0.138. The zero-order chi connectivity index (χ0) is 16.2. The molecule has 0 aliphatic rings. The molecule has 0 aliphatic heterocycles. The molecule has 0 aliphatic carbocycles. The van der Waals surface area contributed by atoms with Gasteiger partial charge in [0.15, 0.2) is 0 Å². The fourth-order valence-electron chi connectivity index (χ4n) is 1.98. The fraction of sp³-hybridized carbons (Fsp3) is 0.125. The Bertz CT molecular complexity index is 859. The van der Waals surface area contributed by atoms with Gasteiger partial charge in [0.1, 0.15) is 0 Å². The third kappa shape index (κ3) is 3.63. The second-order valence-electron chi connectivity index (χ2n) is 4.74. The number of sulfonamides is 1. The van der Waals surface area contributed by atoms with Crippen LogP contribution in [0.1, 0.15) is 16.7 Å². The van der Waals surface area contributed by atoms with Crippen LogP contribution in [0.2, 0.25) is 0 Å². The molecule has 0 N–H and O–H groups in total. The average molecular weight is 311 g/mol. The fourth-order valence-corrected chi connectivity index (χ4v) is 2.86. The lowest BCUT2D eigenvalue weighted by molar-refractivity contribution is 0.596. The summed E-state index contributed by atoms with van der Waals surface area (Å²) in [5.41, 5.74) is 2.10. The third-order valence-electron chi connectivity index (χ3n) is 3.07. The van der Waals surface area contributed by atoms with Crippen molar-refractivity contribution in [2.45, 2.75) is 6.54 Å². The van der Waals surface area contributed by atoms with Crippen LogP contribution in [0.15, 0.2) is 48.5 Å². The van der Waals surface area contributed by atoms with Gasteiger partial charge < -0.3 is 0 Å². The molecule has 0 unspecified atom stereocenters. The highest BCUT2D eigenvalue weighted by Gasteiger charge is 2.18. The van der Waals surface area contributed by atoms with Crippen LogP contribution in [0.5, 0.6) is 0 Å². The average Bonchev–Trinajstić information content (AvgIpc) is 2.52. The lowest BCUT2D eigenvalue weighted by Crippen LogP contribution is -2.29. The quantitative estimate of drug-likeness (QED) is 0.867. The maximum Gasteiger partial charge on any atom is 0.232 e. The number of anilines is 1. The normalized spacial score (nSPS) is 10.5. The van der Waals surface area contributed by atoms with Crippen molar-refractivity contribution in [2.75, 3.05) is 10.6 Å². The van der Waals surface area contributed by atoms with Crippen molar-refractivity contribution in [3.8, 4) is 12.1 Å². The Labute approximate surface area is 129 Å². The van der Waals surface area contributed by atoms with Crippen molar-refractivity contribution in [3.05, 3.63) is 65.2 Å². The Kier molecular flexibility index (Phi) is 4.45. The molecule has 2 rings (SSSR count). The summed E-state index contributed by atoms with van der Waals surface area (Å²) in [5.74, 6) is 0. The van der Waals surface area contributed by atoms with E-state index < -0.39 is 10.0 Å². The summed E-state index contributed by atoms with van der Waals surface area (Å²) >= 11 is 0. The van der Waals surface area contributed by atoms with Gasteiger partial charge in [-0.15, -0.1) is 0 Å². The molecule has 0 spiro atoms. The standard InChI is InChI=1S/C16H13N3O2S/c1-22(20,21)19(16-4-2-3-15(9-16)11-18)12-14-7-5-13(10-17)6-8-14/h2-9H,12H2,1H3.